The Labute approximate surface area is 183 Å². The minimum Gasteiger partial charge on any atom is -0.432 e. The van der Waals surface area contributed by atoms with E-state index in [4.69, 9.17) is 17.5 Å². The number of nitriles is 1. The van der Waals surface area contributed by atoms with Gasteiger partial charge in [-0.05, 0) is 56.4 Å². The molecular weight excluding hydrogens is 460 g/mol. The molecule has 0 bridgehead atoms. The summed E-state index contributed by atoms with van der Waals surface area (Å²) in [5, 5.41) is 8.70. The number of carbonyl (C=O) groups excluding carboxylic acids is 1. The number of rotatable bonds is 4. The smallest absolute Gasteiger partial charge is 0.417 e. The van der Waals surface area contributed by atoms with Crippen molar-refractivity contribution in [2.75, 3.05) is 9.80 Å². The van der Waals surface area contributed by atoms with Crippen LogP contribution in [0.4, 0.5) is 37.7 Å². The van der Waals surface area contributed by atoms with Crippen LogP contribution >= 0.6 is 12.2 Å². The number of halogens is 6. The number of anilines is 2. The van der Waals surface area contributed by atoms with Crippen molar-refractivity contribution in [2.45, 2.75) is 32.2 Å². The van der Waals surface area contributed by atoms with Crippen molar-refractivity contribution >= 4 is 34.6 Å². The topological polar surface area (TPSA) is 56.6 Å². The fourth-order valence-corrected chi connectivity index (χ4v) is 3.80. The molecule has 2 aromatic rings. The summed E-state index contributed by atoms with van der Waals surface area (Å²) in [6, 6.07) is 7.06. The molecule has 32 heavy (non-hydrogen) atoms. The van der Waals surface area contributed by atoms with Gasteiger partial charge in [0.15, 0.2) is 16.7 Å². The standard InChI is InChI=1S/C20H13F6N3O2S/c1-19(2)16(30)28(11-4-3-10(9-27)13(7-11)20(24,25)26)18(32)29(19)12-5-6-15(14(21)8-12)31-17(22)23/h3-8,17H,1-2H3. The first-order valence-corrected chi connectivity index (χ1v) is 9.24. The lowest BCUT2D eigenvalue weighted by Crippen LogP contribution is -2.44. The van der Waals surface area contributed by atoms with Gasteiger partial charge in [-0.15, -0.1) is 0 Å². The van der Waals surface area contributed by atoms with Crippen molar-refractivity contribution in [1.29, 1.82) is 5.26 Å². The van der Waals surface area contributed by atoms with E-state index < -0.39 is 46.9 Å². The molecular formula is C20H13F6N3O2S. The highest BCUT2D eigenvalue weighted by Gasteiger charge is 2.50. The molecule has 1 aliphatic rings. The highest BCUT2D eigenvalue weighted by Crippen LogP contribution is 2.40. The van der Waals surface area contributed by atoms with E-state index in [1.165, 1.54) is 30.9 Å². The van der Waals surface area contributed by atoms with Crippen LogP contribution in [0.25, 0.3) is 0 Å². The quantitative estimate of drug-likeness (QED) is 0.450. The second-order valence-electron chi connectivity index (χ2n) is 7.15. The molecule has 1 amide bonds. The minimum absolute atomic E-state index is 0.000318. The fraction of sp³-hybridized carbons (Fsp3) is 0.250. The maximum Gasteiger partial charge on any atom is 0.417 e. The molecule has 0 unspecified atom stereocenters. The summed E-state index contributed by atoms with van der Waals surface area (Å²) in [5.74, 6) is -2.59. The van der Waals surface area contributed by atoms with Gasteiger partial charge in [0.05, 0.1) is 22.9 Å². The summed E-state index contributed by atoms with van der Waals surface area (Å²) in [6.07, 6.45) is -4.86. The van der Waals surface area contributed by atoms with Crippen LogP contribution in [-0.4, -0.2) is 23.2 Å². The molecule has 12 heteroatoms. The Kier molecular flexibility index (Phi) is 5.82. The van der Waals surface area contributed by atoms with Gasteiger partial charge in [-0.1, -0.05) is 0 Å². The summed E-state index contributed by atoms with van der Waals surface area (Å²) in [6.45, 7) is -0.426. The SMILES string of the molecule is CC1(C)C(=O)N(c2ccc(C#N)c(C(F)(F)F)c2)C(=S)N1c1ccc(OC(F)F)c(F)c1. The summed E-state index contributed by atoms with van der Waals surface area (Å²) >= 11 is 5.31. The number of alkyl halides is 5. The number of ether oxygens (including phenoxy) is 1. The van der Waals surface area contributed by atoms with Gasteiger partial charge in [0.25, 0.3) is 5.91 Å². The molecule has 0 aromatic heterocycles. The van der Waals surface area contributed by atoms with Gasteiger partial charge >= 0.3 is 12.8 Å². The third kappa shape index (κ3) is 3.95. The molecule has 1 aliphatic heterocycles. The lowest BCUT2D eigenvalue weighted by molar-refractivity contribution is -0.137. The zero-order valence-electron chi connectivity index (χ0n) is 16.4. The van der Waals surface area contributed by atoms with Gasteiger partial charge in [-0.3, -0.25) is 9.69 Å². The van der Waals surface area contributed by atoms with E-state index in [9.17, 15) is 31.1 Å². The number of amides is 1. The first kappa shape index (κ1) is 23.3. The second kappa shape index (κ2) is 7.98. The predicted molar refractivity (Wildman–Crippen MR) is 106 cm³/mol. The fourth-order valence-electron chi connectivity index (χ4n) is 3.28. The van der Waals surface area contributed by atoms with E-state index in [1.54, 1.807) is 0 Å². The first-order valence-electron chi connectivity index (χ1n) is 8.83. The maximum absolute atomic E-state index is 14.2. The lowest BCUT2D eigenvalue weighted by Gasteiger charge is -2.29. The molecule has 0 atom stereocenters. The molecule has 3 rings (SSSR count). The zero-order chi connectivity index (χ0) is 24.0. The molecule has 168 valence electrons. The molecule has 5 nitrogen and oxygen atoms in total. The molecule has 1 heterocycles. The van der Waals surface area contributed by atoms with E-state index in [1.807, 2.05) is 0 Å². The van der Waals surface area contributed by atoms with E-state index in [2.05, 4.69) is 4.74 Å². The van der Waals surface area contributed by atoms with Crippen LogP contribution in [0.2, 0.25) is 0 Å². The van der Waals surface area contributed by atoms with Crippen LogP contribution in [0.3, 0.4) is 0 Å². The molecule has 1 saturated heterocycles. The summed E-state index contributed by atoms with van der Waals surface area (Å²) in [4.78, 5) is 15.1. The molecule has 0 radical (unpaired) electrons. The van der Waals surface area contributed by atoms with Crippen molar-refractivity contribution in [3.05, 3.63) is 53.3 Å². The lowest BCUT2D eigenvalue weighted by atomic mass is 10.0. The first-order chi connectivity index (χ1) is 14.8. The van der Waals surface area contributed by atoms with Crippen molar-refractivity contribution in [2.24, 2.45) is 0 Å². The van der Waals surface area contributed by atoms with Crippen LogP contribution in [0.1, 0.15) is 25.0 Å². The van der Waals surface area contributed by atoms with Crippen LogP contribution in [0.5, 0.6) is 5.75 Å². The molecule has 0 aliphatic carbocycles. The Bertz CT molecular complexity index is 1140. The van der Waals surface area contributed by atoms with Gasteiger partial charge in [-0.25, -0.2) is 4.39 Å². The number of carbonyl (C=O) groups is 1. The molecule has 0 spiro atoms. The summed E-state index contributed by atoms with van der Waals surface area (Å²) in [5.41, 5.74) is -3.57. The Balaban J connectivity index is 2.07. The summed E-state index contributed by atoms with van der Waals surface area (Å²) < 4.78 is 83.1. The van der Waals surface area contributed by atoms with Gasteiger partial charge in [0.2, 0.25) is 0 Å². The number of thiocarbonyl (C=S) groups is 1. The van der Waals surface area contributed by atoms with E-state index in [0.29, 0.717) is 6.07 Å². The number of hydrogen-bond donors (Lipinski definition) is 0. The van der Waals surface area contributed by atoms with Gasteiger partial charge < -0.3 is 9.64 Å². The largest absolute Gasteiger partial charge is 0.432 e. The third-order valence-electron chi connectivity index (χ3n) is 4.74. The normalized spacial score (nSPS) is 16.0. The Hall–Kier alpha value is -3.33. The predicted octanol–water partition coefficient (Wildman–Crippen LogP) is 5.23. The van der Waals surface area contributed by atoms with E-state index in [-0.39, 0.29) is 16.5 Å². The third-order valence-corrected chi connectivity index (χ3v) is 5.11. The van der Waals surface area contributed by atoms with Crippen LogP contribution < -0.4 is 14.5 Å². The van der Waals surface area contributed by atoms with E-state index in [0.717, 1.165) is 29.2 Å². The van der Waals surface area contributed by atoms with Crippen LogP contribution in [-0.2, 0) is 11.0 Å². The average Bonchev–Trinajstić information content (AvgIpc) is 2.86. The highest BCUT2D eigenvalue weighted by atomic mass is 32.1. The van der Waals surface area contributed by atoms with Crippen LogP contribution in [0, 0.1) is 17.1 Å². The minimum atomic E-state index is -4.86. The van der Waals surface area contributed by atoms with Gasteiger partial charge in [0.1, 0.15) is 5.54 Å². The molecule has 1 fully saturated rings. The Morgan fingerprint density at radius 2 is 1.75 bits per heavy atom. The summed E-state index contributed by atoms with van der Waals surface area (Å²) in [7, 11) is 0. The molecule has 0 saturated carbocycles. The average molecular weight is 473 g/mol. The van der Waals surface area contributed by atoms with Crippen molar-refractivity contribution in [1.82, 2.24) is 0 Å². The molecule has 2 aromatic carbocycles. The number of benzene rings is 2. The van der Waals surface area contributed by atoms with Crippen LogP contribution in [0.15, 0.2) is 36.4 Å². The monoisotopic (exact) mass is 473 g/mol. The number of nitrogens with zero attached hydrogens (tertiary/aromatic N) is 3. The molecule has 0 N–H and O–H groups in total. The maximum atomic E-state index is 14.2. The highest BCUT2D eigenvalue weighted by molar-refractivity contribution is 7.81. The second-order valence-corrected chi connectivity index (χ2v) is 7.52. The Morgan fingerprint density at radius 1 is 1.12 bits per heavy atom. The van der Waals surface area contributed by atoms with Gasteiger partial charge in [-0.2, -0.15) is 27.2 Å². The van der Waals surface area contributed by atoms with Crippen molar-refractivity contribution in [3.8, 4) is 11.8 Å². The zero-order valence-corrected chi connectivity index (χ0v) is 17.2. The van der Waals surface area contributed by atoms with Gasteiger partial charge in [0, 0.05) is 11.8 Å². The van der Waals surface area contributed by atoms with Crippen molar-refractivity contribution in [3.63, 3.8) is 0 Å². The van der Waals surface area contributed by atoms with E-state index >= 15 is 0 Å². The Morgan fingerprint density at radius 3 is 2.28 bits per heavy atom. The number of hydrogen-bond acceptors (Lipinski definition) is 4. The van der Waals surface area contributed by atoms with Crippen molar-refractivity contribution < 1.29 is 35.9 Å².